The Morgan fingerprint density at radius 2 is 2.00 bits per heavy atom. The third-order valence-corrected chi connectivity index (χ3v) is 4.09. The summed E-state index contributed by atoms with van der Waals surface area (Å²) in [6.07, 6.45) is 1.15. The van der Waals surface area contributed by atoms with E-state index in [1.807, 2.05) is 13.8 Å². The van der Waals surface area contributed by atoms with Crippen molar-refractivity contribution in [3.63, 3.8) is 0 Å². The summed E-state index contributed by atoms with van der Waals surface area (Å²) in [6.45, 7) is 4.08. The molecular weight excluding hydrogens is 280 g/mol. The van der Waals surface area contributed by atoms with Crippen LogP contribution in [0.2, 0.25) is 0 Å². The first-order valence-corrected chi connectivity index (χ1v) is 7.16. The van der Waals surface area contributed by atoms with Crippen molar-refractivity contribution >= 4 is 28.3 Å². The molecule has 22 heavy (non-hydrogen) atoms. The van der Waals surface area contributed by atoms with E-state index in [2.05, 4.69) is 4.98 Å². The maximum absolute atomic E-state index is 12.6. The number of rotatable bonds is 1. The number of Topliss-reactive ketones (excluding diaryl/α,β-unsaturated/α-hetero) is 1. The zero-order chi connectivity index (χ0) is 16.1. The van der Waals surface area contributed by atoms with E-state index >= 15 is 0 Å². The summed E-state index contributed by atoms with van der Waals surface area (Å²) in [7, 11) is 1.33. The molecule has 3 rings (SSSR count). The highest BCUT2D eigenvalue weighted by Gasteiger charge is 2.33. The minimum Gasteiger partial charge on any atom is -0.465 e. The van der Waals surface area contributed by atoms with Gasteiger partial charge in [0, 0.05) is 17.4 Å². The molecule has 0 unspecified atom stereocenters. The second-order valence-corrected chi connectivity index (χ2v) is 6.51. The predicted octanol–water partition coefficient (Wildman–Crippen LogP) is 2.76. The van der Waals surface area contributed by atoms with Crippen LogP contribution in [0.5, 0.6) is 0 Å². The predicted molar refractivity (Wildman–Crippen MR) is 83.9 cm³/mol. The van der Waals surface area contributed by atoms with Gasteiger partial charge in [0.1, 0.15) is 5.82 Å². The monoisotopic (exact) mass is 298 g/mol. The largest absolute Gasteiger partial charge is 0.465 e. The number of benzene rings is 1. The molecule has 0 radical (unpaired) electrons. The van der Waals surface area contributed by atoms with Gasteiger partial charge in [-0.15, -0.1) is 0 Å². The Morgan fingerprint density at radius 1 is 1.27 bits per heavy atom. The molecule has 5 heteroatoms. The summed E-state index contributed by atoms with van der Waals surface area (Å²) < 4.78 is 4.75. The number of nitrogens with zero attached hydrogens (tertiary/aromatic N) is 1. The molecule has 2 aromatic rings. The molecule has 1 heterocycles. The van der Waals surface area contributed by atoms with Crippen molar-refractivity contribution in [3.05, 3.63) is 35.0 Å². The number of nitrogens with two attached hydrogens (primary N) is 1. The highest BCUT2D eigenvalue weighted by atomic mass is 16.5. The lowest BCUT2D eigenvalue weighted by atomic mass is 9.74. The second kappa shape index (κ2) is 4.80. The number of carbonyl (C=O) groups is 2. The molecule has 0 bridgehead atoms. The average Bonchev–Trinajstić information content (AvgIpc) is 2.44. The minimum absolute atomic E-state index is 0.0470. The van der Waals surface area contributed by atoms with Crippen LogP contribution in [-0.4, -0.2) is 23.8 Å². The number of methoxy groups -OCH3 is 1. The van der Waals surface area contributed by atoms with Gasteiger partial charge in [0.25, 0.3) is 0 Å². The number of hydrogen-bond acceptors (Lipinski definition) is 5. The van der Waals surface area contributed by atoms with E-state index < -0.39 is 5.97 Å². The lowest BCUT2D eigenvalue weighted by molar-refractivity contribution is 0.0600. The number of aromatic nitrogens is 1. The number of pyridine rings is 1. The summed E-state index contributed by atoms with van der Waals surface area (Å²) >= 11 is 0. The molecule has 0 amide bonds. The fourth-order valence-electron chi connectivity index (χ4n) is 3.11. The van der Waals surface area contributed by atoms with Crippen molar-refractivity contribution in [2.75, 3.05) is 12.8 Å². The molecule has 0 spiro atoms. The second-order valence-electron chi connectivity index (χ2n) is 6.51. The van der Waals surface area contributed by atoms with Gasteiger partial charge in [0.05, 0.1) is 18.4 Å². The number of nitrogen functional groups attached to an aromatic ring is 1. The molecule has 0 atom stereocenters. The van der Waals surface area contributed by atoms with Crippen molar-refractivity contribution < 1.29 is 14.3 Å². The molecule has 0 aliphatic heterocycles. The van der Waals surface area contributed by atoms with Gasteiger partial charge in [0.2, 0.25) is 0 Å². The Morgan fingerprint density at radius 3 is 2.68 bits per heavy atom. The van der Waals surface area contributed by atoms with E-state index in [1.165, 1.54) is 7.11 Å². The number of esters is 1. The molecule has 1 aromatic carbocycles. The van der Waals surface area contributed by atoms with Crippen LogP contribution < -0.4 is 5.73 Å². The molecule has 114 valence electrons. The number of anilines is 1. The summed E-state index contributed by atoms with van der Waals surface area (Å²) in [5.74, 6) is -0.00365. The quantitative estimate of drug-likeness (QED) is 0.819. The van der Waals surface area contributed by atoms with Crippen LogP contribution in [-0.2, 0) is 11.2 Å². The number of fused-ring (bicyclic) bond motifs is 3. The lowest BCUT2D eigenvalue weighted by Crippen LogP contribution is -2.28. The standard InChI is InChI=1S/C17H18N2O3/c1-17(2)7-12-14(13(20)8-17)11-6-9(16(21)22-3)4-5-10(11)15(18)19-12/h4-6H,7-8H2,1-3H3,(H2,18,19). The van der Waals surface area contributed by atoms with E-state index in [9.17, 15) is 9.59 Å². The fourth-order valence-corrected chi connectivity index (χ4v) is 3.11. The van der Waals surface area contributed by atoms with Crippen molar-refractivity contribution in [1.29, 1.82) is 0 Å². The molecule has 5 nitrogen and oxygen atoms in total. The number of hydrogen-bond donors (Lipinski definition) is 1. The van der Waals surface area contributed by atoms with Crippen molar-refractivity contribution in [3.8, 4) is 0 Å². The third-order valence-electron chi connectivity index (χ3n) is 4.09. The molecule has 0 saturated carbocycles. The minimum atomic E-state index is -0.436. The van der Waals surface area contributed by atoms with Crippen LogP contribution in [0.25, 0.3) is 10.8 Å². The SMILES string of the molecule is COC(=O)c1ccc2c(N)nc3c(c2c1)C(=O)CC(C)(C)C3. The summed E-state index contributed by atoms with van der Waals surface area (Å²) in [4.78, 5) is 28.7. The van der Waals surface area contributed by atoms with Crippen molar-refractivity contribution in [1.82, 2.24) is 4.98 Å². The molecule has 0 fully saturated rings. The summed E-state index contributed by atoms with van der Waals surface area (Å²) in [6, 6.07) is 5.03. The fraction of sp³-hybridized carbons (Fsp3) is 0.353. The van der Waals surface area contributed by atoms with Crippen molar-refractivity contribution in [2.24, 2.45) is 5.41 Å². The Labute approximate surface area is 128 Å². The van der Waals surface area contributed by atoms with Gasteiger partial charge in [-0.05, 0) is 35.4 Å². The zero-order valence-corrected chi connectivity index (χ0v) is 12.9. The van der Waals surface area contributed by atoms with Gasteiger partial charge >= 0.3 is 5.97 Å². The highest BCUT2D eigenvalue weighted by Crippen LogP contribution is 2.38. The molecule has 2 N–H and O–H groups in total. The topological polar surface area (TPSA) is 82.3 Å². The molecule has 1 aliphatic rings. The van der Waals surface area contributed by atoms with Gasteiger partial charge in [-0.3, -0.25) is 4.79 Å². The van der Waals surface area contributed by atoms with Crippen LogP contribution in [0, 0.1) is 5.41 Å². The van der Waals surface area contributed by atoms with E-state index in [0.717, 1.165) is 0 Å². The van der Waals surface area contributed by atoms with Gasteiger partial charge in [-0.25, -0.2) is 9.78 Å². The maximum atomic E-state index is 12.6. The summed E-state index contributed by atoms with van der Waals surface area (Å²) in [5.41, 5.74) is 7.62. The average molecular weight is 298 g/mol. The summed E-state index contributed by atoms with van der Waals surface area (Å²) in [5, 5.41) is 1.38. The van der Waals surface area contributed by atoms with E-state index in [0.29, 0.717) is 46.3 Å². The smallest absolute Gasteiger partial charge is 0.337 e. The Kier molecular flexibility index (Phi) is 3.16. The first-order valence-electron chi connectivity index (χ1n) is 7.16. The molecule has 1 aliphatic carbocycles. The van der Waals surface area contributed by atoms with Crippen LogP contribution in [0.3, 0.4) is 0 Å². The number of ketones is 1. The van der Waals surface area contributed by atoms with Crippen LogP contribution in [0.4, 0.5) is 5.82 Å². The Balaban J connectivity index is 2.31. The van der Waals surface area contributed by atoms with E-state index in [-0.39, 0.29) is 11.2 Å². The molecule has 1 aromatic heterocycles. The van der Waals surface area contributed by atoms with Gasteiger partial charge < -0.3 is 10.5 Å². The number of carbonyl (C=O) groups excluding carboxylic acids is 2. The van der Waals surface area contributed by atoms with Gasteiger partial charge in [-0.2, -0.15) is 0 Å². The van der Waals surface area contributed by atoms with Crippen molar-refractivity contribution in [2.45, 2.75) is 26.7 Å². The highest BCUT2D eigenvalue weighted by molar-refractivity contribution is 6.13. The van der Waals surface area contributed by atoms with E-state index in [4.69, 9.17) is 10.5 Å². The lowest BCUT2D eigenvalue weighted by Gasteiger charge is -2.30. The van der Waals surface area contributed by atoms with Crippen LogP contribution >= 0.6 is 0 Å². The normalized spacial score (nSPS) is 16.4. The van der Waals surface area contributed by atoms with Crippen LogP contribution in [0.15, 0.2) is 18.2 Å². The van der Waals surface area contributed by atoms with Gasteiger partial charge in [-0.1, -0.05) is 13.8 Å². The van der Waals surface area contributed by atoms with Crippen LogP contribution in [0.1, 0.15) is 46.7 Å². The van der Waals surface area contributed by atoms with Gasteiger partial charge in [0.15, 0.2) is 5.78 Å². The Hall–Kier alpha value is -2.43. The van der Waals surface area contributed by atoms with E-state index in [1.54, 1.807) is 18.2 Å². The first-order chi connectivity index (χ1) is 10.3. The Bertz CT molecular complexity index is 809. The molecular formula is C17H18N2O3. The number of ether oxygens (including phenoxy) is 1. The third kappa shape index (κ3) is 2.22. The zero-order valence-electron chi connectivity index (χ0n) is 12.9. The maximum Gasteiger partial charge on any atom is 0.337 e. The first kappa shape index (κ1) is 14.5. The molecule has 0 saturated heterocycles.